The van der Waals surface area contributed by atoms with E-state index >= 15 is 0 Å². The van der Waals surface area contributed by atoms with E-state index in [4.69, 9.17) is 17.2 Å². The summed E-state index contributed by atoms with van der Waals surface area (Å²) in [6, 6.07) is -3.26. The Bertz CT molecular complexity index is 781. The fourth-order valence-electron chi connectivity index (χ4n) is 2.59. The molecule has 4 unspecified atom stereocenters. The molecule has 0 spiro atoms. The van der Waals surface area contributed by atoms with Crippen LogP contribution in [0.5, 0.6) is 0 Å². The third-order valence-corrected chi connectivity index (χ3v) is 5.03. The smallest absolute Gasteiger partial charge is 0.326 e. The fourth-order valence-corrected chi connectivity index (χ4v) is 3.16. The van der Waals surface area contributed by atoms with Gasteiger partial charge in [-0.15, -0.1) is 0 Å². The largest absolute Gasteiger partial charge is 0.480 e. The number of aliphatic imine (C=N–C) groups is 1. The van der Waals surface area contributed by atoms with Gasteiger partial charge >= 0.3 is 5.97 Å². The second kappa shape index (κ2) is 13.3. The van der Waals surface area contributed by atoms with Crippen molar-refractivity contribution in [2.45, 2.75) is 43.8 Å². The average molecular weight is 459 g/mol. The first kappa shape index (κ1) is 26.0. The predicted octanol–water partition coefficient (Wildman–Crippen LogP) is -2.84. The molecule has 1 aromatic heterocycles. The highest BCUT2D eigenvalue weighted by atomic mass is 32.2. The van der Waals surface area contributed by atoms with Gasteiger partial charge in [0.1, 0.15) is 12.1 Å². The van der Waals surface area contributed by atoms with Crippen molar-refractivity contribution < 1.29 is 23.7 Å². The summed E-state index contributed by atoms with van der Waals surface area (Å²) >= 11 is 0. The van der Waals surface area contributed by atoms with Crippen LogP contribution in [0.25, 0.3) is 0 Å². The van der Waals surface area contributed by atoms with Crippen LogP contribution in [0.3, 0.4) is 0 Å². The molecular formula is C17H30N8O5S. The zero-order valence-corrected chi connectivity index (χ0v) is 18.1. The zero-order chi connectivity index (χ0) is 23.4. The molecule has 0 bridgehead atoms. The number of carbonyl (C=O) groups is 3. The summed E-state index contributed by atoms with van der Waals surface area (Å²) in [6.07, 6.45) is 5.06. The molecule has 4 atom stereocenters. The van der Waals surface area contributed by atoms with Gasteiger partial charge in [-0.05, 0) is 19.3 Å². The molecule has 1 heterocycles. The number of nitrogens with two attached hydrogens (primary N) is 3. The van der Waals surface area contributed by atoms with Gasteiger partial charge in [0.2, 0.25) is 11.8 Å². The van der Waals surface area contributed by atoms with Crippen molar-refractivity contribution in [2.75, 3.05) is 18.6 Å². The van der Waals surface area contributed by atoms with Crippen molar-refractivity contribution in [3.05, 3.63) is 18.2 Å². The van der Waals surface area contributed by atoms with Crippen LogP contribution >= 0.6 is 0 Å². The van der Waals surface area contributed by atoms with Crippen molar-refractivity contribution in [1.29, 1.82) is 0 Å². The number of aromatic amines is 1. The lowest BCUT2D eigenvalue weighted by molar-refractivity contribution is -0.142. The molecule has 0 radical (unpaired) electrons. The Kier molecular flexibility index (Phi) is 11.2. The summed E-state index contributed by atoms with van der Waals surface area (Å²) in [4.78, 5) is 47.0. The Morgan fingerprint density at radius 2 is 1.90 bits per heavy atom. The van der Waals surface area contributed by atoms with Gasteiger partial charge in [0.15, 0.2) is 5.96 Å². The van der Waals surface area contributed by atoms with Crippen LogP contribution in [-0.2, 0) is 31.6 Å². The molecule has 31 heavy (non-hydrogen) atoms. The van der Waals surface area contributed by atoms with E-state index in [2.05, 4.69) is 25.6 Å². The third-order valence-electron chi connectivity index (χ3n) is 4.22. The van der Waals surface area contributed by atoms with E-state index in [0.717, 1.165) is 0 Å². The number of hydrogen-bond acceptors (Lipinski definition) is 7. The van der Waals surface area contributed by atoms with Crippen molar-refractivity contribution >= 4 is 34.5 Å². The van der Waals surface area contributed by atoms with Crippen LogP contribution in [0, 0.1) is 0 Å². The number of guanidine groups is 1. The predicted molar refractivity (Wildman–Crippen MR) is 115 cm³/mol. The van der Waals surface area contributed by atoms with Crippen molar-refractivity contribution in [1.82, 2.24) is 20.6 Å². The minimum atomic E-state index is -1.24. The molecule has 13 nitrogen and oxygen atoms in total. The number of nitrogens with zero attached hydrogens (tertiary/aromatic N) is 2. The van der Waals surface area contributed by atoms with Crippen LogP contribution in [0.1, 0.15) is 25.0 Å². The molecule has 0 fully saturated rings. The van der Waals surface area contributed by atoms with Crippen molar-refractivity contribution in [3.63, 3.8) is 0 Å². The Balaban J connectivity index is 2.75. The third kappa shape index (κ3) is 10.5. The van der Waals surface area contributed by atoms with E-state index in [9.17, 15) is 23.7 Å². The maximum atomic E-state index is 12.7. The van der Waals surface area contributed by atoms with Gasteiger partial charge in [-0.1, -0.05) is 0 Å². The van der Waals surface area contributed by atoms with Crippen molar-refractivity contribution in [3.8, 4) is 0 Å². The number of aliphatic carboxylic acids is 1. The number of carboxylic acids is 1. The van der Waals surface area contributed by atoms with Gasteiger partial charge in [0, 0.05) is 47.7 Å². The lowest BCUT2D eigenvalue weighted by atomic mass is 10.1. The Hall–Kier alpha value is -3.00. The lowest BCUT2D eigenvalue weighted by Crippen LogP contribution is -2.55. The number of carbonyl (C=O) groups excluding carboxylic acids is 2. The van der Waals surface area contributed by atoms with Gasteiger partial charge in [-0.25, -0.2) is 9.78 Å². The fraction of sp³-hybridized carbons (Fsp3) is 0.588. The first-order chi connectivity index (χ1) is 14.6. The molecule has 0 saturated heterocycles. The molecule has 174 valence electrons. The van der Waals surface area contributed by atoms with Gasteiger partial charge in [0.05, 0.1) is 12.4 Å². The van der Waals surface area contributed by atoms with Crippen LogP contribution < -0.4 is 27.8 Å². The number of hydrogen-bond donors (Lipinski definition) is 7. The average Bonchev–Trinajstić information content (AvgIpc) is 3.19. The number of imidazole rings is 1. The SMILES string of the molecule is CS(=O)CCC(NC(=O)C(N)Cc1cnc[nH]1)C(=O)NC(CCCN=C(N)N)C(=O)O. The van der Waals surface area contributed by atoms with E-state index in [1.165, 1.54) is 18.8 Å². The number of rotatable bonds is 14. The molecular weight excluding hydrogens is 428 g/mol. The molecule has 2 amide bonds. The monoisotopic (exact) mass is 458 g/mol. The minimum absolute atomic E-state index is 0.0534. The zero-order valence-electron chi connectivity index (χ0n) is 17.2. The van der Waals surface area contributed by atoms with Gasteiger partial charge in [-0.2, -0.15) is 0 Å². The molecule has 1 rings (SSSR count). The molecule has 0 aromatic carbocycles. The lowest BCUT2D eigenvalue weighted by Gasteiger charge is -2.22. The van der Waals surface area contributed by atoms with Gasteiger partial charge < -0.3 is 37.9 Å². The molecule has 10 N–H and O–H groups in total. The summed E-state index contributed by atoms with van der Waals surface area (Å²) in [5.74, 6) is -2.52. The second-order valence-electron chi connectivity index (χ2n) is 6.86. The molecule has 14 heteroatoms. The summed E-state index contributed by atoms with van der Waals surface area (Å²) in [5.41, 5.74) is 17.0. The number of amides is 2. The summed E-state index contributed by atoms with van der Waals surface area (Å²) in [5, 5.41) is 14.3. The number of nitrogens with one attached hydrogen (secondary N) is 3. The number of carboxylic acid groups (broad SMARTS) is 1. The summed E-state index contributed by atoms with van der Waals surface area (Å²) in [7, 11) is -1.22. The Morgan fingerprint density at radius 1 is 1.23 bits per heavy atom. The molecule has 0 aliphatic carbocycles. The molecule has 0 aliphatic heterocycles. The highest BCUT2D eigenvalue weighted by Gasteiger charge is 2.28. The number of H-pyrrole nitrogens is 1. The quantitative estimate of drug-likeness (QED) is 0.0862. The second-order valence-corrected chi connectivity index (χ2v) is 8.42. The first-order valence-corrected chi connectivity index (χ1v) is 11.2. The van der Waals surface area contributed by atoms with Crippen LogP contribution in [0.15, 0.2) is 17.5 Å². The van der Waals surface area contributed by atoms with Gasteiger partial charge in [-0.3, -0.25) is 18.8 Å². The highest BCUT2D eigenvalue weighted by Crippen LogP contribution is 2.03. The Labute approximate surface area is 182 Å². The minimum Gasteiger partial charge on any atom is -0.480 e. The molecule has 0 saturated carbocycles. The van der Waals surface area contributed by atoms with Crippen molar-refractivity contribution in [2.24, 2.45) is 22.2 Å². The standard InChI is InChI=1S/C17H30N8O5S/c1-31(30)6-4-12(24-14(26)11(18)7-10-8-21-9-23-10)15(27)25-13(16(28)29)3-2-5-22-17(19)20/h8-9,11-13H,2-7,18H2,1H3,(H,21,23)(H,24,26)(H,25,27)(H,28,29)(H4,19,20,22). The maximum absolute atomic E-state index is 12.7. The maximum Gasteiger partial charge on any atom is 0.326 e. The van der Waals surface area contributed by atoms with E-state index in [1.54, 1.807) is 0 Å². The van der Waals surface area contributed by atoms with E-state index in [0.29, 0.717) is 12.1 Å². The summed E-state index contributed by atoms with van der Waals surface area (Å²) in [6.45, 7) is 0.208. The van der Waals surface area contributed by atoms with Gasteiger partial charge in [0.25, 0.3) is 0 Å². The Morgan fingerprint density at radius 3 is 2.45 bits per heavy atom. The normalized spacial score (nSPS) is 14.6. The van der Waals surface area contributed by atoms with E-state index < -0.39 is 46.7 Å². The van der Waals surface area contributed by atoms with Crippen LogP contribution in [-0.4, -0.2) is 79.7 Å². The topological polar surface area (TPSA) is 232 Å². The molecule has 1 aromatic rings. The van der Waals surface area contributed by atoms with E-state index in [1.807, 2.05) is 0 Å². The highest BCUT2D eigenvalue weighted by molar-refractivity contribution is 7.84. The first-order valence-electron chi connectivity index (χ1n) is 9.52. The van der Waals surface area contributed by atoms with Crippen LogP contribution in [0.4, 0.5) is 0 Å². The summed E-state index contributed by atoms with van der Waals surface area (Å²) < 4.78 is 11.5. The van der Waals surface area contributed by atoms with Crippen LogP contribution in [0.2, 0.25) is 0 Å². The molecule has 0 aliphatic rings. The van der Waals surface area contributed by atoms with E-state index in [-0.39, 0.29) is 37.5 Å². The number of aromatic nitrogens is 2.